The lowest BCUT2D eigenvalue weighted by Gasteiger charge is -2.35. The van der Waals surface area contributed by atoms with E-state index in [2.05, 4.69) is 15.3 Å². The number of piperazine rings is 1. The first-order valence-electron chi connectivity index (χ1n) is 14.5. The Kier molecular flexibility index (Phi) is 8.86. The Morgan fingerprint density at radius 2 is 1.90 bits per heavy atom. The Balaban J connectivity index is 1.41. The lowest BCUT2D eigenvalue weighted by Crippen LogP contribution is -2.48. The molecule has 0 spiro atoms. The number of hydrogen-bond donors (Lipinski definition) is 2. The Hall–Kier alpha value is -3.54. The molecule has 4 heterocycles. The number of carbonyl (C=O) groups excluding carboxylic acids is 2. The Labute approximate surface area is 241 Å². The molecule has 0 bridgehead atoms. The number of benzene rings is 1. The summed E-state index contributed by atoms with van der Waals surface area (Å²) in [6.45, 7) is 10.7. The maximum atomic E-state index is 14.0. The fraction of sp³-hybridized carbons (Fsp3) is 0.533. The number of amides is 2. The molecule has 2 aliphatic heterocycles. The largest absolute Gasteiger partial charge is 0.390 e. The first-order valence-corrected chi connectivity index (χ1v) is 14.5. The second-order valence-corrected chi connectivity index (χ2v) is 11.0. The zero-order valence-corrected chi connectivity index (χ0v) is 24.5. The van der Waals surface area contributed by atoms with Crippen molar-refractivity contribution in [2.75, 3.05) is 44.7 Å². The smallest absolute Gasteiger partial charge is 0.254 e. The second kappa shape index (κ2) is 12.5. The summed E-state index contributed by atoms with van der Waals surface area (Å²) in [5.41, 5.74) is 7.79. The molecule has 2 aliphatic rings. The van der Waals surface area contributed by atoms with Crippen LogP contribution in [0.2, 0.25) is 0 Å². The number of aromatic nitrogens is 4. The molecule has 0 saturated carbocycles. The van der Waals surface area contributed by atoms with Crippen LogP contribution in [0.15, 0.2) is 18.3 Å². The Morgan fingerprint density at radius 3 is 2.56 bits per heavy atom. The number of ether oxygens (including phenoxy) is 1. The maximum absolute atomic E-state index is 14.0. The quantitative estimate of drug-likeness (QED) is 0.385. The lowest BCUT2D eigenvalue weighted by atomic mass is 9.95. The highest BCUT2D eigenvalue weighted by atomic mass is 16.5. The van der Waals surface area contributed by atoms with Crippen LogP contribution in [0.3, 0.4) is 0 Å². The normalized spacial score (nSPS) is 16.8. The van der Waals surface area contributed by atoms with E-state index in [1.165, 1.54) is 0 Å². The highest BCUT2D eigenvalue weighted by Gasteiger charge is 2.28. The van der Waals surface area contributed by atoms with Crippen molar-refractivity contribution < 1.29 is 19.4 Å². The highest BCUT2D eigenvalue weighted by Crippen LogP contribution is 2.37. The van der Waals surface area contributed by atoms with Gasteiger partial charge in [-0.2, -0.15) is 10.2 Å². The average molecular weight is 564 g/mol. The molecule has 1 aromatic carbocycles. The van der Waals surface area contributed by atoms with Gasteiger partial charge >= 0.3 is 0 Å². The topological polar surface area (TPSA) is 118 Å². The van der Waals surface area contributed by atoms with Crippen molar-refractivity contribution in [2.24, 2.45) is 7.05 Å². The summed E-state index contributed by atoms with van der Waals surface area (Å²) < 4.78 is 9.36. The molecule has 0 atom stereocenters. The maximum Gasteiger partial charge on any atom is 0.254 e. The fourth-order valence-corrected chi connectivity index (χ4v) is 6.16. The van der Waals surface area contributed by atoms with Crippen molar-refractivity contribution in [1.82, 2.24) is 29.4 Å². The minimum absolute atomic E-state index is 0.00351. The number of carbonyl (C=O) groups is 2. The zero-order valence-electron chi connectivity index (χ0n) is 24.5. The molecule has 0 unspecified atom stereocenters. The molecule has 2 N–H and O–H groups in total. The molecular formula is C30H41N7O4. The van der Waals surface area contributed by atoms with E-state index in [-0.39, 0.29) is 18.6 Å². The minimum Gasteiger partial charge on any atom is -0.390 e. The van der Waals surface area contributed by atoms with Gasteiger partial charge in [-0.3, -0.25) is 23.9 Å². The predicted octanol–water partition coefficient (Wildman–Crippen LogP) is 2.83. The summed E-state index contributed by atoms with van der Waals surface area (Å²) in [6.07, 6.45) is 4.95. The standard InChI is InChI=1S/C30H41N7O4/c1-5-22-14-27(31-19-39)25(29-20(2)16-32-37(29)23-6-12-41-13-7-23)15-24(22)30(40)36-10-8-35(9-11-36)17-26-21(3)33-34(4)28(26)18-38/h14-16,19,23,38H,5-13,17-18H2,1-4H3,(H,31,39). The fourth-order valence-electron chi connectivity index (χ4n) is 6.16. The number of rotatable bonds is 9. The molecule has 2 aromatic heterocycles. The van der Waals surface area contributed by atoms with Crippen LogP contribution in [-0.2, 0) is 36.2 Å². The van der Waals surface area contributed by atoms with Crippen molar-refractivity contribution in [1.29, 1.82) is 0 Å². The Morgan fingerprint density at radius 1 is 1.17 bits per heavy atom. The summed E-state index contributed by atoms with van der Waals surface area (Å²) >= 11 is 0. The number of nitrogens with zero attached hydrogens (tertiary/aromatic N) is 6. The third-order valence-corrected chi connectivity index (χ3v) is 8.51. The molecule has 2 amide bonds. The van der Waals surface area contributed by atoms with Gasteiger partial charge in [0.05, 0.1) is 41.6 Å². The van der Waals surface area contributed by atoms with E-state index in [0.29, 0.717) is 56.9 Å². The van der Waals surface area contributed by atoms with Crippen molar-refractivity contribution in [3.05, 3.63) is 52.0 Å². The van der Waals surface area contributed by atoms with E-state index in [4.69, 9.17) is 9.84 Å². The molecule has 41 heavy (non-hydrogen) atoms. The van der Waals surface area contributed by atoms with Gasteiger partial charge in [0.1, 0.15) is 0 Å². The van der Waals surface area contributed by atoms with Crippen molar-refractivity contribution in [3.63, 3.8) is 0 Å². The molecule has 11 heteroatoms. The van der Waals surface area contributed by atoms with Gasteiger partial charge in [0.2, 0.25) is 6.41 Å². The number of aliphatic hydroxyl groups is 1. The lowest BCUT2D eigenvalue weighted by molar-refractivity contribution is -0.105. The van der Waals surface area contributed by atoms with Gasteiger partial charge in [0.25, 0.3) is 5.91 Å². The highest BCUT2D eigenvalue weighted by molar-refractivity contribution is 5.99. The average Bonchev–Trinajstić information content (AvgIpc) is 3.50. The van der Waals surface area contributed by atoms with Crippen LogP contribution < -0.4 is 5.32 Å². The summed E-state index contributed by atoms with van der Waals surface area (Å²) in [4.78, 5) is 29.8. The molecule has 0 radical (unpaired) electrons. The van der Waals surface area contributed by atoms with Crippen LogP contribution in [0.25, 0.3) is 11.3 Å². The van der Waals surface area contributed by atoms with Crippen molar-refractivity contribution in [2.45, 2.75) is 59.2 Å². The number of anilines is 1. The SMILES string of the molecule is CCc1cc(NC=O)c(-c2c(C)cnn2C2CCOCC2)cc1C(=O)N1CCN(Cc2c(C)nn(C)c2CO)CC1. The third kappa shape index (κ3) is 5.79. The van der Waals surface area contributed by atoms with E-state index >= 15 is 0 Å². The monoisotopic (exact) mass is 563 g/mol. The molecule has 0 aliphatic carbocycles. The van der Waals surface area contributed by atoms with Crippen LogP contribution in [0.1, 0.15) is 64.2 Å². The molecule has 5 rings (SSSR count). The van der Waals surface area contributed by atoms with Crippen LogP contribution >= 0.6 is 0 Å². The van der Waals surface area contributed by atoms with E-state index in [1.807, 2.05) is 55.7 Å². The molecule has 2 saturated heterocycles. The van der Waals surface area contributed by atoms with E-state index in [1.54, 1.807) is 4.68 Å². The summed E-state index contributed by atoms with van der Waals surface area (Å²) in [7, 11) is 1.85. The number of hydrogen-bond acceptors (Lipinski definition) is 7. The van der Waals surface area contributed by atoms with E-state index in [0.717, 1.165) is 65.3 Å². The third-order valence-electron chi connectivity index (χ3n) is 8.51. The zero-order chi connectivity index (χ0) is 29.1. The van der Waals surface area contributed by atoms with Gasteiger partial charge in [-0.05, 0) is 56.4 Å². The molecule has 220 valence electrons. The summed E-state index contributed by atoms with van der Waals surface area (Å²) in [5, 5.41) is 21.9. The number of nitrogens with one attached hydrogen (secondary N) is 1. The van der Waals surface area contributed by atoms with E-state index in [9.17, 15) is 14.7 Å². The van der Waals surface area contributed by atoms with Crippen molar-refractivity contribution in [3.8, 4) is 11.3 Å². The van der Waals surface area contributed by atoms with Crippen molar-refractivity contribution >= 4 is 18.0 Å². The van der Waals surface area contributed by atoms with Crippen LogP contribution in [-0.4, -0.2) is 86.2 Å². The predicted molar refractivity (Wildman–Crippen MR) is 156 cm³/mol. The van der Waals surface area contributed by atoms with Gasteiger partial charge in [-0.15, -0.1) is 0 Å². The molecule has 3 aromatic rings. The van der Waals surface area contributed by atoms with Crippen LogP contribution in [0.4, 0.5) is 5.69 Å². The van der Waals surface area contributed by atoms with Crippen LogP contribution in [0.5, 0.6) is 0 Å². The Bertz CT molecular complexity index is 1400. The second-order valence-electron chi connectivity index (χ2n) is 11.0. The van der Waals surface area contributed by atoms with Gasteiger partial charge in [0, 0.05) is 69.7 Å². The minimum atomic E-state index is -0.0465. The van der Waals surface area contributed by atoms with E-state index < -0.39 is 0 Å². The number of aryl methyl sites for hydroxylation is 4. The summed E-state index contributed by atoms with van der Waals surface area (Å²) in [6, 6.07) is 4.09. The first-order chi connectivity index (χ1) is 19.9. The molecule has 11 nitrogen and oxygen atoms in total. The van der Waals surface area contributed by atoms with Gasteiger partial charge < -0.3 is 20.1 Å². The van der Waals surface area contributed by atoms with Gasteiger partial charge in [0.15, 0.2) is 0 Å². The first kappa shape index (κ1) is 29.0. The van der Waals surface area contributed by atoms with Gasteiger partial charge in [-0.25, -0.2) is 0 Å². The van der Waals surface area contributed by atoms with Crippen LogP contribution in [0, 0.1) is 13.8 Å². The molecular weight excluding hydrogens is 522 g/mol. The number of aliphatic hydroxyl groups excluding tert-OH is 1. The summed E-state index contributed by atoms with van der Waals surface area (Å²) in [5.74, 6) is 0.00351. The molecule has 2 fully saturated rings. The van der Waals surface area contributed by atoms with Gasteiger partial charge in [-0.1, -0.05) is 6.92 Å².